The minimum absolute atomic E-state index is 0.0242. The molecule has 0 spiro atoms. The monoisotopic (exact) mass is 466 g/mol. The third-order valence-corrected chi connectivity index (χ3v) is 4.74. The van der Waals surface area contributed by atoms with Crippen LogP contribution in [0.2, 0.25) is 0 Å². The van der Waals surface area contributed by atoms with Gasteiger partial charge in [-0.05, 0) is 42.5 Å². The molecule has 32 heavy (non-hydrogen) atoms. The molecule has 3 aromatic rings. The fourth-order valence-corrected chi connectivity index (χ4v) is 3.32. The van der Waals surface area contributed by atoms with Crippen LogP contribution in [0, 0.1) is 0 Å². The van der Waals surface area contributed by atoms with Crippen molar-refractivity contribution < 1.29 is 35.9 Å². The van der Waals surface area contributed by atoms with Crippen molar-refractivity contribution in [2.24, 2.45) is 0 Å². The molecule has 0 atom stereocenters. The molecule has 0 aliphatic heterocycles. The summed E-state index contributed by atoms with van der Waals surface area (Å²) in [6.07, 6.45) is -2.39. The van der Waals surface area contributed by atoms with Crippen LogP contribution in [0.1, 0.15) is 15.9 Å². The average Bonchev–Trinajstić information content (AvgIpc) is 2.72. The van der Waals surface area contributed by atoms with Gasteiger partial charge in [0.25, 0.3) is 5.91 Å². The number of carbonyl (C=O) groups excluding carboxylic acids is 1. The number of nitrogens with zero attached hydrogens (tertiary/aromatic N) is 1. The van der Waals surface area contributed by atoms with Crippen molar-refractivity contribution in [3.05, 3.63) is 71.9 Å². The van der Waals surface area contributed by atoms with Crippen LogP contribution in [0.5, 0.6) is 17.4 Å². The molecule has 1 N–H and O–H groups in total. The van der Waals surface area contributed by atoms with Crippen molar-refractivity contribution in [1.82, 2.24) is 9.71 Å². The van der Waals surface area contributed by atoms with E-state index in [1.165, 1.54) is 43.6 Å². The zero-order valence-corrected chi connectivity index (χ0v) is 17.6. The molecule has 1 aromatic heterocycles. The highest BCUT2D eigenvalue weighted by Gasteiger charge is 2.34. The van der Waals surface area contributed by atoms with E-state index in [0.717, 1.165) is 18.4 Å². The second kappa shape index (κ2) is 8.87. The Balaban J connectivity index is 2.16. The fourth-order valence-electron chi connectivity index (χ4n) is 2.86. The van der Waals surface area contributed by atoms with Crippen LogP contribution in [0.15, 0.2) is 60.8 Å². The van der Waals surface area contributed by atoms with E-state index >= 15 is 0 Å². The number of para-hydroxylation sites is 1. The predicted molar refractivity (Wildman–Crippen MR) is 110 cm³/mol. The molecule has 0 bridgehead atoms. The van der Waals surface area contributed by atoms with Gasteiger partial charge in [0.05, 0.1) is 18.9 Å². The number of halogens is 3. The van der Waals surface area contributed by atoms with E-state index in [4.69, 9.17) is 9.47 Å². The zero-order valence-electron chi connectivity index (χ0n) is 16.8. The van der Waals surface area contributed by atoms with Gasteiger partial charge in [0.1, 0.15) is 11.5 Å². The average molecular weight is 466 g/mol. The van der Waals surface area contributed by atoms with Crippen molar-refractivity contribution in [3.8, 4) is 28.5 Å². The van der Waals surface area contributed by atoms with Gasteiger partial charge in [0.15, 0.2) is 0 Å². The molecule has 7 nitrogen and oxygen atoms in total. The van der Waals surface area contributed by atoms with Crippen LogP contribution in [-0.4, -0.2) is 32.7 Å². The van der Waals surface area contributed by atoms with Crippen LogP contribution in [0.25, 0.3) is 11.1 Å². The SMILES string of the molecule is COc1ncccc1-c1cc(C(=O)NS(C)(=O)=O)ccc1Oc1ccccc1C(F)(F)F. The number of nitrogens with one attached hydrogen (secondary N) is 1. The van der Waals surface area contributed by atoms with E-state index in [-0.39, 0.29) is 22.8 Å². The molecule has 0 aliphatic carbocycles. The van der Waals surface area contributed by atoms with Crippen LogP contribution < -0.4 is 14.2 Å². The molecule has 3 rings (SSSR count). The molecule has 0 unspecified atom stereocenters. The Morgan fingerprint density at radius 2 is 1.72 bits per heavy atom. The number of rotatable bonds is 6. The van der Waals surface area contributed by atoms with Gasteiger partial charge in [-0.3, -0.25) is 4.79 Å². The second-order valence-corrected chi connectivity index (χ2v) is 8.32. The zero-order chi connectivity index (χ0) is 23.5. The largest absolute Gasteiger partial charge is 0.481 e. The highest BCUT2D eigenvalue weighted by Crippen LogP contribution is 2.42. The number of ether oxygens (including phenoxy) is 2. The lowest BCUT2D eigenvalue weighted by Crippen LogP contribution is -2.29. The first-order chi connectivity index (χ1) is 15.0. The third kappa shape index (κ3) is 5.35. The first-order valence-corrected chi connectivity index (χ1v) is 10.9. The maximum absolute atomic E-state index is 13.4. The van der Waals surface area contributed by atoms with Gasteiger partial charge in [-0.15, -0.1) is 0 Å². The summed E-state index contributed by atoms with van der Waals surface area (Å²) in [6, 6.07) is 11.6. The topological polar surface area (TPSA) is 94.6 Å². The summed E-state index contributed by atoms with van der Waals surface area (Å²) in [7, 11) is -2.48. The molecule has 0 fully saturated rings. The lowest BCUT2D eigenvalue weighted by atomic mass is 10.0. The van der Waals surface area contributed by atoms with Gasteiger partial charge in [0, 0.05) is 22.9 Å². The molecular formula is C21H17F3N2O5S. The van der Waals surface area contributed by atoms with E-state index in [0.29, 0.717) is 5.56 Å². The number of methoxy groups -OCH3 is 1. The molecule has 0 aliphatic rings. The summed E-state index contributed by atoms with van der Waals surface area (Å²) in [5.74, 6) is -1.26. The fraction of sp³-hybridized carbons (Fsp3) is 0.143. The van der Waals surface area contributed by atoms with Crippen LogP contribution in [0.4, 0.5) is 13.2 Å². The van der Waals surface area contributed by atoms with E-state index in [1.54, 1.807) is 12.1 Å². The molecule has 2 aromatic carbocycles. The minimum Gasteiger partial charge on any atom is -0.481 e. The third-order valence-electron chi connectivity index (χ3n) is 4.19. The van der Waals surface area contributed by atoms with Crippen LogP contribution in [-0.2, 0) is 16.2 Å². The van der Waals surface area contributed by atoms with E-state index in [1.807, 2.05) is 4.72 Å². The van der Waals surface area contributed by atoms with Crippen molar-refractivity contribution in [1.29, 1.82) is 0 Å². The Labute approximate surface area is 181 Å². The maximum Gasteiger partial charge on any atom is 0.419 e. The molecule has 11 heteroatoms. The van der Waals surface area contributed by atoms with Gasteiger partial charge in [-0.25, -0.2) is 18.1 Å². The summed E-state index contributed by atoms with van der Waals surface area (Å²) in [5.41, 5.74) is -0.549. The Morgan fingerprint density at radius 3 is 2.38 bits per heavy atom. The first-order valence-electron chi connectivity index (χ1n) is 8.99. The Bertz CT molecular complexity index is 1260. The maximum atomic E-state index is 13.4. The standard InChI is InChI=1S/C21H17F3N2O5S/c1-30-20-14(6-5-11-25-20)15-12-13(19(27)26-32(2,28)29)9-10-17(15)31-18-8-4-3-7-16(18)21(22,23)24/h3-12H,1-2H3,(H,26,27). The van der Waals surface area contributed by atoms with E-state index in [9.17, 15) is 26.4 Å². The van der Waals surface area contributed by atoms with Gasteiger partial charge in [-0.1, -0.05) is 12.1 Å². The first kappa shape index (κ1) is 23.1. The van der Waals surface area contributed by atoms with Gasteiger partial charge in [-0.2, -0.15) is 13.2 Å². The Morgan fingerprint density at radius 1 is 1.00 bits per heavy atom. The normalized spacial score (nSPS) is 11.7. The number of hydrogen-bond donors (Lipinski definition) is 1. The number of hydrogen-bond acceptors (Lipinski definition) is 6. The second-order valence-electron chi connectivity index (χ2n) is 6.57. The Kier molecular flexibility index (Phi) is 6.40. The number of sulfonamides is 1. The van der Waals surface area contributed by atoms with Crippen molar-refractivity contribution >= 4 is 15.9 Å². The summed E-state index contributed by atoms with van der Waals surface area (Å²) < 4.78 is 75.7. The minimum atomic E-state index is -4.65. The number of carbonyl (C=O) groups is 1. The number of pyridine rings is 1. The van der Waals surface area contributed by atoms with Crippen molar-refractivity contribution in [2.75, 3.05) is 13.4 Å². The highest BCUT2D eigenvalue weighted by atomic mass is 32.2. The quantitative estimate of drug-likeness (QED) is 0.584. The summed E-state index contributed by atoms with van der Waals surface area (Å²) >= 11 is 0. The highest BCUT2D eigenvalue weighted by molar-refractivity contribution is 7.89. The van der Waals surface area contributed by atoms with Crippen LogP contribution in [0.3, 0.4) is 0 Å². The van der Waals surface area contributed by atoms with Gasteiger partial charge < -0.3 is 9.47 Å². The van der Waals surface area contributed by atoms with E-state index in [2.05, 4.69) is 4.98 Å². The predicted octanol–water partition coefficient (Wildman–Crippen LogP) is 4.26. The lowest BCUT2D eigenvalue weighted by molar-refractivity contribution is -0.138. The smallest absolute Gasteiger partial charge is 0.419 e. The van der Waals surface area contributed by atoms with Gasteiger partial charge in [0.2, 0.25) is 15.9 Å². The molecule has 0 radical (unpaired) electrons. The number of alkyl halides is 3. The Hall–Kier alpha value is -3.60. The lowest BCUT2D eigenvalue weighted by Gasteiger charge is -2.17. The van der Waals surface area contributed by atoms with Crippen LogP contribution >= 0.6 is 0 Å². The molecule has 0 saturated carbocycles. The number of aromatic nitrogens is 1. The van der Waals surface area contributed by atoms with Crippen molar-refractivity contribution in [2.45, 2.75) is 6.18 Å². The molecule has 168 valence electrons. The number of benzene rings is 2. The molecule has 1 amide bonds. The molecule has 0 saturated heterocycles. The van der Waals surface area contributed by atoms with E-state index < -0.39 is 33.4 Å². The summed E-state index contributed by atoms with van der Waals surface area (Å²) in [4.78, 5) is 16.4. The summed E-state index contributed by atoms with van der Waals surface area (Å²) in [6.45, 7) is 0. The number of amides is 1. The van der Waals surface area contributed by atoms with Gasteiger partial charge >= 0.3 is 6.18 Å². The molecule has 1 heterocycles. The molecular weight excluding hydrogens is 449 g/mol. The van der Waals surface area contributed by atoms with Crippen molar-refractivity contribution in [3.63, 3.8) is 0 Å². The summed E-state index contributed by atoms with van der Waals surface area (Å²) in [5, 5.41) is 0.